The molecule has 4 saturated carbocycles. The minimum Gasteiger partial charge on any atom is -0.481 e. The summed E-state index contributed by atoms with van der Waals surface area (Å²) in [5.74, 6) is 3.45. The molecule has 5 heteroatoms. The van der Waals surface area contributed by atoms with Crippen molar-refractivity contribution in [2.24, 2.45) is 46.3 Å². The van der Waals surface area contributed by atoms with Crippen LogP contribution in [0.3, 0.4) is 0 Å². The zero-order valence-corrected chi connectivity index (χ0v) is 25.1. The fraction of sp³-hybridized carbons (Fsp3) is 0.771. The number of carbonyl (C=O) groups is 2. The van der Waals surface area contributed by atoms with Gasteiger partial charge in [-0.25, -0.2) is 0 Å². The monoisotopic (exact) mass is 551 g/mol. The first-order valence-electron chi connectivity index (χ1n) is 16.3. The second-order valence-electron chi connectivity index (χ2n) is 14.7. The van der Waals surface area contributed by atoms with Crippen LogP contribution < -0.4 is 5.32 Å². The number of carboxylic acids is 1. The first-order chi connectivity index (χ1) is 19.1. The van der Waals surface area contributed by atoms with E-state index in [-0.39, 0.29) is 24.5 Å². The smallest absolute Gasteiger partial charge is 0.305 e. The Bertz CT molecular complexity index is 1030. The largest absolute Gasteiger partial charge is 0.481 e. The molecular formula is C35H53NO4. The van der Waals surface area contributed by atoms with E-state index < -0.39 is 5.97 Å². The van der Waals surface area contributed by atoms with Gasteiger partial charge in [0, 0.05) is 12.5 Å². The molecule has 4 aliphatic carbocycles. The van der Waals surface area contributed by atoms with E-state index in [4.69, 9.17) is 0 Å². The van der Waals surface area contributed by atoms with E-state index in [0.29, 0.717) is 41.4 Å². The Hall–Kier alpha value is -1.88. The lowest BCUT2D eigenvalue weighted by atomic mass is 9.44. The van der Waals surface area contributed by atoms with Crippen molar-refractivity contribution in [3.63, 3.8) is 0 Å². The van der Waals surface area contributed by atoms with Crippen LogP contribution in [0.15, 0.2) is 30.3 Å². The Morgan fingerprint density at radius 1 is 0.950 bits per heavy atom. The van der Waals surface area contributed by atoms with Crippen molar-refractivity contribution in [2.75, 3.05) is 0 Å². The summed E-state index contributed by atoms with van der Waals surface area (Å²) < 4.78 is 0. The van der Waals surface area contributed by atoms with Gasteiger partial charge in [-0.15, -0.1) is 0 Å². The average molecular weight is 552 g/mol. The van der Waals surface area contributed by atoms with Crippen LogP contribution in [-0.4, -0.2) is 34.2 Å². The third-order valence-corrected chi connectivity index (χ3v) is 12.6. The molecular weight excluding hydrogens is 498 g/mol. The van der Waals surface area contributed by atoms with Crippen molar-refractivity contribution < 1.29 is 19.8 Å². The molecule has 10 atom stereocenters. The van der Waals surface area contributed by atoms with Gasteiger partial charge in [0.15, 0.2) is 0 Å². The summed E-state index contributed by atoms with van der Waals surface area (Å²) in [5, 5.41) is 22.8. The standard InChI is InChI=1S/C35H53NO4/c1-23(9-16-32(38)36-26(22-33(39)40)12-10-24-7-5-4-6-8-24)29-14-15-30-28-13-11-25-21-27(37)17-19-34(25,2)31(28)18-20-35(29,30)3/h4-8,23,25-31,37H,9-22H2,1-3H3,(H,36,38)(H,39,40)/t23-,25-,26+,27-,28+,29-,30+,31+,34+,35-/m1/s1. The molecule has 222 valence electrons. The fourth-order valence-corrected chi connectivity index (χ4v) is 10.5. The molecule has 0 aliphatic heterocycles. The quantitative estimate of drug-likeness (QED) is 0.292. The maximum Gasteiger partial charge on any atom is 0.305 e. The molecule has 5 nitrogen and oxygen atoms in total. The van der Waals surface area contributed by atoms with Gasteiger partial charge in [0.2, 0.25) is 5.91 Å². The van der Waals surface area contributed by atoms with Crippen molar-refractivity contribution in [3.05, 3.63) is 35.9 Å². The minimum atomic E-state index is -0.862. The average Bonchev–Trinajstić information content (AvgIpc) is 3.28. The van der Waals surface area contributed by atoms with E-state index in [9.17, 15) is 19.8 Å². The maximum absolute atomic E-state index is 13.0. The number of hydrogen-bond donors (Lipinski definition) is 3. The van der Waals surface area contributed by atoms with Crippen molar-refractivity contribution >= 4 is 11.9 Å². The highest BCUT2D eigenvalue weighted by molar-refractivity contribution is 5.77. The number of aliphatic carboxylic acids is 1. The second kappa shape index (κ2) is 12.2. The van der Waals surface area contributed by atoms with Crippen molar-refractivity contribution in [3.8, 4) is 0 Å². The zero-order valence-electron chi connectivity index (χ0n) is 25.1. The molecule has 5 rings (SSSR count). The predicted molar refractivity (Wildman–Crippen MR) is 159 cm³/mol. The Kier molecular flexibility index (Phi) is 9.00. The predicted octanol–water partition coefficient (Wildman–Crippen LogP) is 7.01. The van der Waals surface area contributed by atoms with Gasteiger partial charge in [-0.05, 0) is 129 Å². The maximum atomic E-state index is 13.0. The van der Waals surface area contributed by atoms with Crippen LogP contribution in [0, 0.1) is 46.3 Å². The van der Waals surface area contributed by atoms with Gasteiger partial charge in [-0.1, -0.05) is 51.1 Å². The zero-order chi connectivity index (χ0) is 28.5. The van der Waals surface area contributed by atoms with Gasteiger partial charge < -0.3 is 15.5 Å². The van der Waals surface area contributed by atoms with E-state index in [1.165, 1.54) is 50.5 Å². The SMILES string of the molecule is C[C@H](CCC(=O)N[C@@H](CCc1ccccc1)CC(=O)O)[C@H]1CC[C@H]2[C@@H]3CC[C@@H]4C[C@H](O)CC[C@]4(C)[C@H]3CC[C@]12C. The van der Waals surface area contributed by atoms with Crippen LogP contribution in [0.1, 0.15) is 110 Å². The first-order valence-corrected chi connectivity index (χ1v) is 16.3. The summed E-state index contributed by atoms with van der Waals surface area (Å²) in [6.45, 7) is 7.50. The molecule has 1 aromatic rings. The van der Waals surface area contributed by atoms with Crippen molar-refractivity contribution in [1.29, 1.82) is 0 Å². The lowest BCUT2D eigenvalue weighted by Crippen LogP contribution is -2.54. The summed E-state index contributed by atoms with van der Waals surface area (Å²) in [4.78, 5) is 24.4. The topological polar surface area (TPSA) is 86.6 Å². The van der Waals surface area contributed by atoms with Gasteiger partial charge >= 0.3 is 5.97 Å². The highest BCUT2D eigenvalue weighted by Crippen LogP contribution is 2.68. The van der Waals surface area contributed by atoms with E-state index >= 15 is 0 Å². The number of fused-ring (bicyclic) bond motifs is 5. The van der Waals surface area contributed by atoms with Crippen LogP contribution >= 0.6 is 0 Å². The Labute approximate surface area is 241 Å². The normalized spacial score (nSPS) is 38.4. The molecule has 4 aliphatic rings. The van der Waals surface area contributed by atoms with Crippen LogP contribution in [0.25, 0.3) is 0 Å². The highest BCUT2D eigenvalue weighted by Gasteiger charge is 2.60. The number of rotatable bonds is 10. The molecule has 0 bridgehead atoms. The first kappa shape index (κ1) is 29.6. The van der Waals surface area contributed by atoms with E-state index in [0.717, 1.165) is 43.4 Å². The second-order valence-corrected chi connectivity index (χ2v) is 14.7. The molecule has 1 amide bonds. The Balaban J connectivity index is 1.15. The van der Waals surface area contributed by atoms with Crippen LogP contribution in [-0.2, 0) is 16.0 Å². The summed E-state index contributed by atoms with van der Waals surface area (Å²) >= 11 is 0. The van der Waals surface area contributed by atoms with Gasteiger partial charge in [-0.2, -0.15) is 0 Å². The summed E-state index contributed by atoms with van der Waals surface area (Å²) in [7, 11) is 0. The molecule has 0 aromatic heterocycles. The number of carbonyl (C=O) groups excluding carboxylic acids is 1. The summed E-state index contributed by atoms with van der Waals surface area (Å²) in [6, 6.07) is 9.74. The number of hydrogen-bond acceptors (Lipinski definition) is 3. The number of carboxylic acid groups (broad SMARTS) is 1. The number of aryl methyl sites for hydroxylation is 1. The summed E-state index contributed by atoms with van der Waals surface area (Å²) in [6.07, 6.45) is 13.8. The third kappa shape index (κ3) is 6.01. The minimum absolute atomic E-state index is 0.000281. The number of aliphatic hydroxyl groups excluding tert-OH is 1. The molecule has 0 radical (unpaired) electrons. The fourth-order valence-electron chi connectivity index (χ4n) is 10.5. The van der Waals surface area contributed by atoms with Gasteiger partial charge in [0.1, 0.15) is 0 Å². The number of nitrogens with one attached hydrogen (secondary N) is 1. The van der Waals surface area contributed by atoms with E-state index in [1.54, 1.807) is 0 Å². The van der Waals surface area contributed by atoms with Crippen LogP contribution in [0.2, 0.25) is 0 Å². The van der Waals surface area contributed by atoms with Crippen molar-refractivity contribution in [1.82, 2.24) is 5.32 Å². The molecule has 0 unspecified atom stereocenters. The number of aliphatic hydroxyl groups is 1. The lowest BCUT2D eigenvalue weighted by Gasteiger charge is -2.61. The van der Waals surface area contributed by atoms with E-state index in [1.807, 2.05) is 18.2 Å². The summed E-state index contributed by atoms with van der Waals surface area (Å²) in [5.41, 5.74) is 1.96. The number of amides is 1. The molecule has 4 fully saturated rings. The van der Waals surface area contributed by atoms with Crippen molar-refractivity contribution in [2.45, 2.75) is 123 Å². The van der Waals surface area contributed by atoms with E-state index in [2.05, 4.69) is 38.2 Å². The molecule has 0 spiro atoms. The third-order valence-electron chi connectivity index (χ3n) is 12.6. The van der Waals surface area contributed by atoms with Crippen LogP contribution in [0.4, 0.5) is 0 Å². The van der Waals surface area contributed by atoms with Gasteiger partial charge in [0.25, 0.3) is 0 Å². The lowest BCUT2D eigenvalue weighted by molar-refractivity contribution is -0.137. The Morgan fingerprint density at radius 2 is 1.68 bits per heavy atom. The molecule has 1 aromatic carbocycles. The molecule has 0 saturated heterocycles. The molecule has 0 heterocycles. The van der Waals surface area contributed by atoms with Gasteiger partial charge in [-0.3, -0.25) is 9.59 Å². The highest BCUT2D eigenvalue weighted by atomic mass is 16.4. The van der Waals surface area contributed by atoms with Gasteiger partial charge in [0.05, 0.1) is 12.5 Å². The number of benzene rings is 1. The molecule has 3 N–H and O–H groups in total. The Morgan fingerprint density at radius 3 is 2.42 bits per heavy atom. The molecule has 40 heavy (non-hydrogen) atoms. The van der Waals surface area contributed by atoms with Crippen LogP contribution in [0.5, 0.6) is 0 Å².